The highest BCUT2D eigenvalue weighted by Gasteiger charge is 2.17. The number of halogens is 1. The predicted octanol–water partition coefficient (Wildman–Crippen LogP) is 0.362. The smallest absolute Gasteiger partial charge is 0.260 e. The Morgan fingerprint density at radius 3 is 2.80 bits per heavy atom. The second-order valence-corrected chi connectivity index (χ2v) is 4.79. The van der Waals surface area contributed by atoms with Gasteiger partial charge < -0.3 is 18.9 Å². The standard InChI is InChI=1S/C13H17ClN2O4/c1-15-8-12(11(17)6-10(15)7-14)20-9-13(18)16-2-4-19-5-3-16/h6,8H,2-5,7,9H2,1H3. The van der Waals surface area contributed by atoms with Gasteiger partial charge in [-0.1, -0.05) is 0 Å². The first-order valence-electron chi connectivity index (χ1n) is 6.35. The average Bonchev–Trinajstić information content (AvgIpc) is 2.48. The number of amides is 1. The van der Waals surface area contributed by atoms with E-state index in [0.29, 0.717) is 32.0 Å². The van der Waals surface area contributed by atoms with Crippen LogP contribution < -0.4 is 10.2 Å². The Balaban J connectivity index is 1.98. The first kappa shape index (κ1) is 14.9. The van der Waals surface area contributed by atoms with E-state index in [1.54, 1.807) is 22.7 Å². The van der Waals surface area contributed by atoms with Crippen LogP contribution in [0.4, 0.5) is 0 Å². The van der Waals surface area contributed by atoms with E-state index in [9.17, 15) is 9.59 Å². The molecule has 1 aromatic heterocycles. The molecule has 2 heterocycles. The quantitative estimate of drug-likeness (QED) is 0.754. The molecular weight excluding hydrogens is 284 g/mol. The number of pyridine rings is 1. The van der Waals surface area contributed by atoms with Gasteiger partial charge in [0.15, 0.2) is 12.4 Å². The van der Waals surface area contributed by atoms with E-state index >= 15 is 0 Å². The van der Waals surface area contributed by atoms with E-state index in [0.717, 1.165) is 0 Å². The summed E-state index contributed by atoms with van der Waals surface area (Å²) in [5, 5.41) is 0. The molecule has 0 radical (unpaired) electrons. The third kappa shape index (κ3) is 3.52. The molecule has 0 saturated carbocycles. The van der Waals surface area contributed by atoms with Gasteiger partial charge in [0, 0.05) is 31.9 Å². The average molecular weight is 301 g/mol. The largest absolute Gasteiger partial charge is 0.478 e. The Bertz CT molecular complexity index is 538. The van der Waals surface area contributed by atoms with Crippen molar-refractivity contribution in [3.05, 3.63) is 28.2 Å². The molecular formula is C13H17ClN2O4. The summed E-state index contributed by atoms with van der Waals surface area (Å²) >= 11 is 5.71. The number of alkyl halides is 1. The van der Waals surface area contributed by atoms with Crippen molar-refractivity contribution in [2.75, 3.05) is 32.9 Å². The molecule has 1 aromatic rings. The van der Waals surface area contributed by atoms with E-state index in [-0.39, 0.29) is 29.6 Å². The maximum atomic E-state index is 11.9. The van der Waals surface area contributed by atoms with E-state index in [1.165, 1.54) is 6.07 Å². The molecule has 0 aliphatic carbocycles. The van der Waals surface area contributed by atoms with Gasteiger partial charge in [-0.3, -0.25) is 9.59 Å². The van der Waals surface area contributed by atoms with Gasteiger partial charge in [0.05, 0.1) is 25.3 Å². The van der Waals surface area contributed by atoms with Crippen molar-refractivity contribution in [2.24, 2.45) is 7.05 Å². The number of hydrogen-bond acceptors (Lipinski definition) is 4. The Morgan fingerprint density at radius 1 is 1.45 bits per heavy atom. The molecule has 2 rings (SSSR count). The Kier molecular flexibility index (Phi) is 5.03. The van der Waals surface area contributed by atoms with Gasteiger partial charge >= 0.3 is 0 Å². The SMILES string of the molecule is Cn1cc(OCC(=O)N2CCOCC2)c(=O)cc1CCl. The van der Waals surface area contributed by atoms with Crippen LogP contribution in [-0.2, 0) is 22.5 Å². The van der Waals surface area contributed by atoms with Gasteiger partial charge in [-0.15, -0.1) is 11.6 Å². The van der Waals surface area contributed by atoms with Crippen LogP contribution in [0.2, 0.25) is 0 Å². The molecule has 1 saturated heterocycles. The summed E-state index contributed by atoms with van der Waals surface area (Å²) in [5.41, 5.74) is 0.428. The number of ether oxygens (including phenoxy) is 2. The van der Waals surface area contributed by atoms with Gasteiger partial charge in [0.25, 0.3) is 5.91 Å². The summed E-state index contributed by atoms with van der Waals surface area (Å²) in [4.78, 5) is 25.4. The summed E-state index contributed by atoms with van der Waals surface area (Å²) in [5.74, 6) is 0.262. The Labute approximate surface area is 121 Å². The minimum atomic E-state index is -0.270. The summed E-state index contributed by atoms with van der Waals surface area (Å²) in [6.45, 7) is 2.06. The lowest BCUT2D eigenvalue weighted by Crippen LogP contribution is -2.43. The topological polar surface area (TPSA) is 60.8 Å². The number of hydrogen-bond donors (Lipinski definition) is 0. The zero-order chi connectivity index (χ0) is 14.5. The summed E-state index contributed by atoms with van der Waals surface area (Å²) < 4.78 is 12.2. The number of aromatic nitrogens is 1. The molecule has 20 heavy (non-hydrogen) atoms. The normalized spacial score (nSPS) is 15.2. The maximum Gasteiger partial charge on any atom is 0.260 e. The Hall–Kier alpha value is -1.53. The summed E-state index contributed by atoms with van der Waals surface area (Å²) in [6.07, 6.45) is 1.55. The number of carbonyl (C=O) groups excluding carboxylic acids is 1. The monoisotopic (exact) mass is 300 g/mol. The van der Waals surface area contributed by atoms with Crippen molar-refractivity contribution in [3.63, 3.8) is 0 Å². The highest BCUT2D eigenvalue weighted by Crippen LogP contribution is 2.08. The van der Waals surface area contributed by atoms with E-state index < -0.39 is 0 Å². The van der Waals surface area contributed by atoms with Crippen LogP contribution in [0.25, 0.3) is 0 Å². The first-order chi connectivity index (χ1) is 9.61. The second-order valence-electron chi connectivity index (χ2n) is 4.52. The minimum Gasteiger partial charge on any atom is -0.478 e. The van der Waals surface area contributed by atoms with E-state index in [2.05, 4.69) is 0 Å². The molecule has 0 aromatic carbocycles. The lowest BCUT2D eigenvalue weighted by Gasteiger charge is -2.26. The van der Waals surface area contributed by atoms with Gasteiger partial charge in [0.2, 0.25) is 5.43 Å². The maximum absolute atomic E-state index is 11.9. The van der Waals surface area contributed by atoms with Crippen molar-refractivity contribution in [2.45, 2.75) is 5.88 Å². The molecule has 1 aliphatic heterocycles. The van der Waals surface area contributed by atoms with Crippen LogP contribution in [0.3, 0.4) is 0 Å². The zero-order valence-corrected chi connectivity index (χ0v) is 12.1. The fraction of sp³-hybridized carbons (Fsp3) is 0.538. The lowest BCUT2D eigenvalue weighted by atomic mass is 10.3. The first-order valence-corrected chi connectivity index (χ1v) is 6.89. The van der Waals surface area contributed by atoms with Crippen LogP contribution in [0.15, 0.2) is 17.1 Å². The van der Waals surface area contributed by atoms with Crippen LogP contribution in [0.1, 0.15) is 5.69 Å². The molecule has 1 aliphatic rings. The zero-order valence-electron chi connectivity index (χ0n) is 11.3. The van der Waals surface area contributed by atoms with Crippen LogP contribution in [0.5, 0.6) is 5.75 Å². The molecule has 0 N–H and O–H groups in total. The molecule has 1 fully saturated rings. The number of nitrogens with zero attached hydrogens (tertiary/aromatic N) is 2. The minimum absolute atomic E-state index is 0.142. The molecule has 0 atom stereocenters. The summed E-state index contributed by atoms with van der Waals surface area (Å²) in [7, 11) is 1.77. The van der Waals surface area contributed by atoms with Gasteiger partial charge in [0.1, 0.15) is 0 Å². The second kappa shape index (κ2) is 6.76. The molecule has 1 amide bonds. The van der Waals surface area contributed by atoms with Crippen LogP contribution in [0, 0.1) is 0 Å². The third-order valence-corrected chi connectivity index (χ3v) is 3.43. The van der Waals surface area contributed by atoms with Crippen molar-refractivity contribution in [3.8, 4) is 5.75 Å². The fourth-order valence-electron chi connectivity index (χ4n) is 1.93. The third-order valence-electron chi connectivity index (χ3n) is 3.16. The molecule has 0 bridgehead atoms. The number of rotatable bonds is 4. The number of morpholine rings is 1. The van der Waals surface area contributed by atoms with Gasteiger partial charge in [-0.25, -0.2) is 0 Å². The van der Waals surface area contributed by atoms with E-state index in [4.69, 9.17) is 21.1 Å². The molecule has 0 unspecified atom stereocenters. The van der Waals surface area contributed by atoms with Crippen LogP contribution >= 0.6 is 11.6 Å². The highest BCUT2D eigenvalue weighted by atomic mass is 35.5. The molecule has 0 spiro atoms. The molecule has 6 nitrogen and oxygen atoms in total. The summed E-state index contributed by atoms with van der Waals surface area (Å²) in [6, 6.07) is 1.42. The lowest BCUT2D eigenvalue weighted by molar-refractivity contribution is -0.137. The number of aryl methyl sites for hydroxylation is 1. The van der Waals surface area contributed by atoms with Gasteiger partial charge in [-0.2, -0.15) is 0 Å². The Morgan fingerprint density at radius 2 is 2.15 bits per heavy atom. The van der Waals surface area contributed by atoms with Gasteiger partial charge in [-0.05, 0) is 0 Å². The highest BCUT2D eigenvalue weighted by molar-refractivity contribution is 6.16. The van der Waals surface area contributed by atoms with Crippen molar-refractivity contribution >= 4 is 17.5 Å². The predicted molar refractivity (Wildman–Crippen MR) is 74.1 cm³/mol. The van der Waals surface area contributed by atoms with E-state index in [1.807, 2.05) is 0 Å². The van der Waals surface area contributed by atoms with Crippen molar-refractivity contribution < 1.29 is 14.3 Å². The van der Waals surface area contributed by atoms with Crippen molar-refractivity contribution in [1.29, 1.82) is 0 Å². The van der Waals surface area contributed by atoms with Crippen molar-refractivity contribution in [1.82, 2.24) is 9.47 Å². The fourth-order valence-corrected chi connectivity index (χ4v) is 2.20. The number of carbonyl (C=O) groups is 1. The molecule has 7 heteroatoms. The van der Waals surface area contributed by atoms with Crippen LogP contribution in [-0.4, -0.2) is 48.3 Å². The molecule has 110 valence electrons.